The fraction of sp³-hybridized carbons (Fsp3) is 0.333. The first-order chi connectivity index (χ1) is 15.0. The van der Waals surface area contributed by atoms with Crippen molar-refractivity contribution in [2.24, 2.45) is 0 Å². The summed E-state index contributed by atoms with van der Waals surface area (Å²) in [6, 6.07) is 13.7. The van der Waals surface area contributed by atoms with Gasteiger partial charge in [-0.2, -0.15) is 0 Å². The van der Waals surface area contributed by atoms with E-state index in [-0.39, 0.29) is 17.4 Å². The number of thiazole rings is 1. The molecule has 7 heteroatoms. The zero-order valence-electron chi connectivity index (χ0n) is 17.7. The molecule has 158 valence electrons. The van der Waals surface area contributed by atoms with E-state index in [1.807, 2.05) is 48.2 Å². The second-order valence-electron chi connectivity index (χ2n) is 8.06. The van der Waals surface area contributed by atoms with Crippen LogP contribution in [0.15, 0.2) is 47.3 Å². The van der Waals surface area contributed by atoms with Crippen LogP contribution in [0.2, 0.25) is 0 Å². The van der Waals surface area contributed by atoms with Gasteiger partial charge in [-0.05, 0) is 57.0 Å². The van der Waals surface area contributed by atoms with Crippen LogP contribution < -0.4 is 5.56 Å². The molecule has 0 N–H and O–H groups in total. The largest absolute Gasteiger partial charge is 0.338 e. The lowest BCUT2D eigenvalue weighted by molar-refractivity contribution is 0.0707. The molecule has 5 rings (SSSR count). The summed E-state index contributed by atoms with van der Waals surface area (Å²) in [6.07, 6.45) is 2.01. The first-order valence-electron chi connectivity index (χ1n) is 10.7. The monoisotopic (exact) mass is 432 g/mol. The van der Waals surface area contributed by atoms with Crippen molar-refractivity contribution in [2.45, 2.75) is 39.2 Å². The number of hydrogen-bond donors (Lipinski definition) is 0. The molecule has 0 aliphatic carbocycles. The van der Waals surface area contributed by atoms with Crippen molar-refractivity contribution < 1.29 is 4.79 Å². The number of aryl methyl sites for hydroxylation is 2. The third kappa shape index (κ3) is 3.53. The third-order valence-electron chi connectivity index (χ3n) is 6.04. The Morgan fingerprint density at radius 2 is 2.00 bits per heavy atom. The maximum Gasteiger partial charge on any atom is 0.272 e. The summed E-state index contributed by atoms with van der Waals surface area (Å²) in [5.74, 6) is 0.280. The van der Waals surface area contributed by atoms with Crippen LogP contribution in [0.5, 0.6) is 0 Å². The number of rotatable bonds is 3. The minimum Gasteiger partial charge on any atom is -0.338 e. The molecule has 0 bridgehead atoms. The lowest BCUT2D eigenvalue weighted by Gasteiger charge is -2.32. The van der Waals surface area contributed by atoms with Crippen molar-refractivity contribution in [3.05, 3.63) is 69.1 Å². The van der Waals surface area contributed by atoms with E-state index in [2.05, 4.69) is 11.1 Å². The number of carbonyl (C=O) groups excluding carboxylic acids is 1. The Hall–Kier alpha value is -3.06. The quantitative estimate of drug-likeness (QED) is 0.483. The Morgan fingerprint density at radius 1 is 1.16 bits per heavy atom. The molecule has 1 aliphatic rings. The standard InChI is InChI=1S/C24H24N4O2S/c1-3-28-20-11-10-16(13-19(20)25-15(2)23(28)29)24(30)27-12-6-7-17(14-27)22-26-18-8-4-5-9-21(18)31-22/h4-5,8-11,13,17H,3,6-7,12,14H2,1-2H3/t17-/m1/s1. The van der Waals surface area contributed by atoms with Crippen LogP contribution in [-0.4, -0.2) is 38.4 Å². The number of hydrogen-bond acceptors (Lipinski definition) is 5. The summed E-state index contributed by atoms with van der Waals surface area (Å²) in [7, 11) is 0. The van der Waals surface area contributed by atoms with Crippen molar-refractivity contribution in [3.8, 4) is 0 Å². The van der Waals surface area contributed by atoms with Gasteiger partial charge in [-0.1, -0.05) is 12.1 Å². The Balaban J connectivity index is 1.43. The summed E-state index contributed by atoms with van der Waals surface area (Å²) < 4.78 is 2.90. The van der Waals surface area contributed by atoms with Crippen molar-refractivity contribution in [1.29, 1.82) is 0 Å². The van der Waals surface area contributed by atoms with Gasteiger partial charge in [-0.3, -0.25) is 9.59 Å². The van der Waals surface area contributed by atoms with Crippen LogP contribution in [0.25, 0.3) is 21.3 Å². The van der Waals surface area contributed by atoms with E-state index in [4.69, 9.17) is 4.98 Å². The predicted octanol–water partition coefficient (Wildman–Crippen LogP) is 4.35. The molecular formula is C24H24N4O2S. The highest BCUT2D eigenvalue weighted by Gasteiger charge is 2.28. The van der Waals surface area contributed by atoms with Gasteiger partial charge in [0.1, 0.15) is 5.69 Å². The molecule has 4 aromatic rings. The lowest BCUT2D eigenvalue weighted by Crippen LogP contribution is -2.39. The normalized spacial score (nSPS) is 16.8. The van der Waals surface area contributed by atoms with Gasteiger partial charge in [0.15, 0.2) is 0 Å². The van der Waals surface area contributed by atoms with Gasteiger partial charge in [0.2, 0.25) is 0 Å². The van der Waals surface area contributed by atoms with E-state index in [0.717, 1.165) is 35.4 Å². The zero-order valence-corrected chi connectivity index (χ0v) is 18.5. The molecular weight excluding hydrogens is 408 g/mol. The van der Waals surface area contributed by atoms with E-state index in [1.54, 1.807) is 22.8 Å². The van der Waals surface area contributed by atoms with E-state index in [0.29, 0.717) is 29.9 Å². The van der Waals surface area contributed by atoms with Crippen LogP contribution in [0.3, 0.4) is 0 Å². The summed E-state index contributed by atoms with van der Waals surface area (Å²) in [5, 5.41) is 1.11. The van der Waals surface area contributed by atoms with Gasteiger partial charge >= 0.3 is 0 Å². The lowest BCUT2D eigenvalue weighted by atomic mass is 9.98. The number of likely N-dealkylation sites (tertiary alicyclic amines) is 1. The second kappa shape index (κ2) is 7.89. The summed E-state index contributed by atoms with van der Waals surface area (Å²) in [6.45, 7) is 5.66. The minimum atomic E-state index is -0.0798. The van der Waals surface area contributed by atoms with E-state index in [9.17, 15) is 9.59 Å². The van der Waals surface area contributed by atoms with Crippen LogP contribution in [0, 0.1) is 6.92 Å². The Kier molecular flexibility index (Phi) is 5.06. The zero-order chi connectivity index (χ0) is 21.5. The fourth-order valence-electron chi connectivity index (χ4n) is 4.43. The summed E-state index contributed by atoms with van der Waals surface area (Å²) in [5.41, 5.74) is 3.47. The van der Waals surface area contributed by atoms with E-state index >= 15 is 0 Å². The summed E-state index contributed by atoms with van der Waals surface area (Å²) >= 11 is 1.73. The molecule has 3 heterocycles. The SMILES string of the molecule is CCn1c(=O)c(C)nc2cc(C(=O)N3CCC[C@@H](c4nc5ccccc5s4)C3)ccc21. The molecule has 1 fully saturated rings. The first-order valence-corrected chi connectivity index (χ1v) is 11.5. The van der Waals surface area contributed by atoms with Gasteiger partial charge in [-0.25, -0.2) is 9.97 Å². The fourth-order valence-corrected chi connectivity index (χ4v) is 5.53. The number of amides is 1. The van der Waals surface area contributed by atoms with Gasteiger partial charge < -0.3 is 9.47 Å². The molecule has 1 saturated heterocycles. The van der Waals surface area contributed by atoms with Gasteiger partial charge in [-0.15, -0.1) is 11.3 Å². The Labute approximate surface area is 184 Å². The van der Waals surface area contributed by atoms with Crippen molar-refractivity contribution in [1.82, 2.24) is 19.4 Å². The third-order valence-corrected chi connectivity index (χ3v) is 7.24. The molecule has 1 atom stereocenters. The van der Waals surface area contributed by atoms with E-state index in [1.165, 1.54) is 4.70 Å². The summed E-state index contributed by atoms with van der Waals surface area (Å²) in [4.78, 5) is 36.8. The highest BCUT2D eigenvalue weighted by atomic mass is 32.1. The first kappa shape index (κ1) is 19.9. The molecule has 1 aliphatic heterocycles. The van der Waals surface area contributed by atoms with Gasteiger partial charge in [0, 0.05) is 31.1 Å². The topological polar surface area (TPSA) is 68.1 Å². The van der Waals surface area contributed by atoms with Crippen molar-refractivity contribution >= 4 is 38.5 Å². The molecule has 6 nitrogen and oxygen atoms in total. The van der Waals surface area contributed by atoms with E-state index < -0.39 is 0 Å². The number of nitrogens with zero attached hydrogens (tertiary/aromatic N) is 4. The number of fused-ring (bicyclic) bond motifs is 2. The highest BCUT2D eigenvalue weighted by Crippen LogP contribution is 2.33. The maximum atomic E-state index is 13.3. The van der Waals surface area contributed by atoms with Crippen LogP contribution in [0.1, 0.15) is 46.7 Å². The molecule has 0 unspecified atom stereocenters. The van der Waals surface area contributed by atoms with Gasteiger partial charge in [0.05, 0.1) is 26.3 Å². The molecule has 31 heavy (non-hydrogen) atoms. The molecule has 1 amide bonds. The Bertz CT molecular complexity index is 1320. The number of carbonyl (C=O) groups is 1. The number of para-hydroxylation sites is 1. The van der Waals surface area contributed by atoms with Crippen molar-refractivity contribution in [3.63, 3.8) is 0 Å². The van der Waals surface area contributed by atoms with Crippen LogP contribution in [0.4, 0.5) is 0 Å². The second-order valence-corrected chi connectivity index (χ2v) is 9.12. The van der Waals surface area contributed by atoms with Crippen molar-refractivity contribution in [2.75, 3.05) is 13.1 Å². The molecule has 2 aromatic carbocycles. The smallest absolute Gasteiger partial charge is 0.272 e. The molecule has 0 saturated carbocycles. The molecule has 2 aromatic heterocycles. The number of aromatic nitrogens is 3. The van der Waals surface area contributed by atoms with Crippen LogP contribution in [-0.2, 0) is 6.54 Å². The average Bonchev–Trinajstić information content (AvgIpc) is 3.24. The maximum absolute atomic E-state index is 13.3. The van der Waals surface area contributed by atoms with Crippen LogP contribution >= 0.6 is 11.3 Å². The predicted molar refractivity (Wildman–Crippen MR) is 124 cm³/mol. The Morgan fingerprint density at radius 3 is 2.81 bits per heavy atom. The number of benzene rings is 2. The molecule has 0 spiro atoms. The molecule has 0 radical (unpaired) electrons. The number of piperidine rings is 1. The average molecular weight is 433 g/mol. The van der Waals surface area contributed by atoms with Gasteiger partial charge in [0.25, 0.3) is 11.5 Å². The highest BCUT2D eigenvalue weighted by molar-refractivity contribution is 7.18. The minimum absolute atomic E-state index is 0.0152.